The first-order chi connectivity index (χ1) is 20.2. The first kappa shape index (κ1) is 35.8. The smallest absolute Gasteiger partial charge is 0.322 e. The molecule has 0 saturated carbocycles. The van der Waals surface area contributed by atoms with Gasteiger partial charge in [0, 0.05) is 16.3 Å². The molecule has 0 atom stereocenters. The third-order valence-corrected chi connectivity index (χ3v) is 9.00. The van der Waals surface area contributed by atoms with Gasteiger partial charge in [0.15, 0.2) is 0 Å². The molecule has 2 aromatic carbocycles. The van der Waals surface area contributed by atoms with Gasteiger partial charge in [-0.25, -0.2) is 4.57 Å². The topological polar surface area (TPSA) is 73.9 Å². The molecule has 0 unspecified atom stereocenters. The average molecular weight is 614 g/mol. The molecule has 42 heavy (non-hydrogen) atoms. The second-order valence-electron chi connectivity index (χ2n) is 10.3. The summed E-state index contributed by atoms with van der Waals surface area (Å²) in [5, 5.41) is 3.00. The predicted octanol–water partition coefficient (Wildman–Crippen LogP) is 10.2. The van der Waals surface area contributed by atoms with E-state index in [9.17, 15) is 9.36 Å². The number of thioether (sulfide) groups is 1. The third kappa shape index (κ3) is 14.2. The molecule has 0 bridgehead atoms. The molecule has 2 aromatic rings. The molecular formula is C34H48NO5PS. The maximum Gasteiger partial charge on any atom is 0.474 e. The lowest BCUT2D eigenvalue weighted by molar-refractivity contribution is 0.102. The molecule has 8 heteroatoms. The minimum Gasteiger partial charge on any atom is -0.322 e. The number of hydrogen-bond donors (Lipinski definition) is 1. The molecule has 0 spiro atoms. The number of phosphoric acid groups is 1. The van der Waals surface area contributed by atoms with E-state index in [1.807, 2.05) is 48.5 Å². The zero-order valence-electron chi connectivity index (χ0n) is 26.1. The van der Waals surface area contributed by atoms with Gasteiger partial charge >= 0.3 is 7.82 Å². The normalized spacial score (nSPS) is 12.3. The van der Waals surface area contributed by atoms with E-state index in [-0.39, 0.29) is 25.7 Å². The van der Waals surface area contributed by atoms with Crippen LogP contribution in [0.25, 0.3) is 0 Å². The van der Waals surface area contributed by atoms with Crippen molar-refractivity contribution in [3.8, 4) is 0 Å². The van der Waals surface area contributed by atoms with Gasteiger partial charge in [0.1, 0.15) is 0 Å². The molecule has 0 aliphatic rings. The van der Waals surface area contributed by atoms with Gasteiger partial charge in [-0.2, -0.15) is 0 Å². The Labute approximate surface area is 257 Å². The highest BCUT2D eigenvalue weighted by Crippen LogP contribution is 2.49. The van der Waals surface area contributed by atoms with E-state index in [0.29, 0.717) is 17.7 Å². The van der Waals surface area contributed by atoms with Crippen molar-refractivity contribution in [2.45, 2.75) is 78.5 Å². The molecule has 0 radical (unpaired) electrons. The standard InChI is InChI=1S/C34H48NO5PS/c1-7-38-41(37,39-8-2)40-25-23-30-19-21-31(22-20-30)35-34(36)32-17-9-10-18-33(32)42-26-24-29(6)16-12-15-28(5)14-11-13-27(3)4/h9-10,13,15,17-22,24H,7-8,11-12,14,16,23,25-26H2,1-6H3,(H,35,36)/b28-15+,29-24+. The number of allylic oxidation sites excluding steroid dienone is 5. The van der Waals surface area contributed by atoms with E-state index >= 15 is 0 Å². The van der Waals surface area contributed by atoms with E-state index in [2.05, 4.69) is 51.2 Å². The number of hydrogen-bond acceptors (Lipinski definition) is 6. The van der Waals surface area contributed by atoms with Crippen LogP contribution in [-0.2, 0) is 24.6 Å². The Balaban J connectivity index is 1.86. The Morgan fingerprint density at radius 2 is 1.45 bits per heavy atom. The van der Waals surface area contributed by atoms with E-state index in [4.69, 9.17) is 13.6 Å². The first-order valence-electron chi connectivity index (χ1n) is 14.8. The van der Waals surface area contributed by atoms with Crippen LogP contribution in [0.1, 0.15) is 83.1 Å². The highest BCUT2D eigenvalue weighted by Gasteiger charge is 2.24. The number of carbonyl (C=O) groups is 1. The molecule has 6 nitrogen and oxygen atoms in total. The van der Waals surface area contributed by atoms with Crippen molar-refractivity contribution in [1.82, 2.24) is 0 Å². The Hall–Kier alpha value is -2.41. The lowest BCUT2D eigenvalue weighted by atomic mass is 10.1. The minimum absolute atomic E-state index is 0.141. The molecule has 0 heterocycles. The number of carbonyl (C=O) groups excluding carboxylic acids is 1. The van der Waals surface area contributed by atoms with Crippen LogP contribution in [0, 0.1) is 0 Å². The van der Waals surface area contributed by atoms with E-state index in [0.717, 1.165) is 41.9 Å². The SMILES string of the molecule is CCOP(=O)(OCC)OCCc1ccc(NC(=O)c2ccccc2SC/C=C(\C)CC/C=C(\C)CCC=C(C)C)cc1. The molecule has 1 N–H and O–H groups in total. The molecule has 1 amide bonds. The minimum atomic E-state index is -3.52. The van der Waals surface area contributed by atoms with Gasteiger partial charge in [-0.1, -0.05) is 59.2 Å². The number of anilines is 1. The molecule has 0 aromatic heterocycles. The zero-order valence-corrected chi connectivity index (χ0v) is 27.8. The summed E-state index contributed by atoms with van der Waals surface area (Å²) in [6.45, 7) is 12.9. The van der Waals surface area contributed by atoms with Gasteiger partial charge in [0.05, 0.1) is 25.4 Å². The fourth-order valence-electron chi connectivity index (χ4n) is 4.05. The van der Waals surface area contributed by atoms with Gasteiger partial charge < -0.3 is 5.32 Å². The number of benzene rings is 2. The summed E-state index contributed by atoms with van der Waals surface area (Å²) in [7, 11) is -3.52. The van der Waals surface area contributed by atoms with Crippen molar-refractivity contribution in [3.05, 3.63) is 94.6 Å². The van der Waals surface area contributed by atoms with Crippen LogP contribution in [0.15, 0.2) is 88.4 Å². The Kier molecular flexibility index (Phi) is 16.8. The van der Waals surface area contributed by atoms with Crippen molar-refractivity contribution >= 4 is 31.2 Å². The zero-order chi connectivity index (χ0) is 30.8. The summed E-state index contributed by atoms with van der Waals surface area (Å²) in [5.74, 6) is 0.674. The van der Waals surface area contributed by atoms with Gasteiger partial charge in [-0.3, -0.25) is 18.4 Å². The first-order valence-corrected chi connectivity index (χ1v) is 17.2. The van der Waals surface area contributed by atoms with Crippen molar-refractivity contribution in [1.29, 1.82) is 0 Å². The Morgan fingerprint density at radius 1 is 0.833 bits per heavy atom. The Bertz CT molecular complexity index is 1240. The van der Waals surface area contributed by atoms with Crippen LogP contribution in [0.4, 0.5) is 5.69 Å². The molecule has 0 saturated heterocycles. The molecule has 0 aliphatic carbocycles. The highest BCUT2D eigenvalue weighted by molar-refractivity contribution is 7.99. The second-order valence-corrected chi connectivity index (χ2v) is 13.0. The van der Waals surface area contributed by atoms with Crippen molar-refractivity contribution < 1.29 is 22.9 Å². The number of amides is 1. The lowest BCUT2D eigenvalue weighted by Crippen LogP contribution is -2.13. The van der Waals surface area contributed by atoms with E-state index in [1.54, 1.807) is 25.6 Å². The van der Waals surface area contributed by atoms with Crippen LogP contribution in [0.5, 0.6) is 0 Å². The maximum atomic E-state index is 13.1. The molecule has 0 aliphatic heterocycles. The molecule has 0 fully saturated rings. The predicted molar refractivity (Wildman–Crippen MR) is 177 cm³/mol. The fourth-order valence-corrected chi connectivity index (χ4v) is 6.26. The van der Waals surface area contributed by atoms with Crippen molar-refractivity contribution in [3.63, 3.8) is 0 Å². The quantitative estimate of drug-likeness (QED) is 0.0965. The van der Waals surface area contributed by atoms with E-state index in [1.165, 1.54) is 16.7 Å². The van der Waals surface area contributed by atoms with Crippen molar-refractivity contribution in [2.75, 3.05) is 30.9 Å². The Morgan fingerprint density at radius 3 is 2.10 bits per heavy atom. The van der Waals surface area contributed by atoms with Gasteiger partial charge in [0.25, 0.3) is 5.91 Å². The average Bonchev–Trinajstić information content (AvgIpc) is 2.94. The summed E-state index contributed by atoms with van der Waals surface area (Å²) in [6, 6.07) is 15.3. The third-order valence-electron chi connectivity index (χ3n) is 6.35. The van der Waals surface area contributed by atoms with Gasteiger partial charge in [0.2, 0.25) is 0 Å². The molecule has 230 valence electrons. The summed E-state index contributed by atoms with van der Waals surface area (Å²) in [5.41, 5.74) is 6.54. The maximum absolute atomic E-state index is 13.1. The van der Waals surface area contributed by atoms with Crippen LogP contribution >= 0.6 is 19.6 Å². The van der Waals surface area contributed by atoms with Gasteiger partial charge in [-0.15, -0.1) is 11.8 Å². The number of nitrogens with one attached hydrogen (secondary N) is 1. The van der Waals surface area contributed by atoms with Crippen LogP contribution < -0.4 is 5.32 Å². The van der Waals surface area contributed by atoms with Crippen LogP contribution in [0.2, 0.25) is 0 Å². The van der Waals surface area contributed by atoms with E-state index < -0.39 is 7.82 Å². The molecule has 2 rings (SSSR count). The van der Waals surface area contributed by atoms with Crippen LogP contribution in [0.3, 0.4) is 0 Å². The largest absolute Gasteiger partial charge is 0.474 e. The fraction of sp³-hybridized carbons (Fsp3) is 0.441. The highest BCUT2D eigenvalue weighted by atomic mass is 32.2. The summed E-state index contributed by atoms with van der Waals surface area (Å²) in [4.78, 5) is 14.1. The summed E-state index contributed by atoms with van der Waals surface area (Å²) < 4.78 is 28.1. The second kappa shape index (κ2) is 19.7. The summed E-state index contributed by atoms with van der Waals surface area (Å²) >= 11 is 1.67. The number of rotatable bonds is 19. The van der Waals surface area contributed by atoms with Crippen molar-refractivity contribution in [2.24, 2.45) is 0 Å². The molecular weight excluding hydrogens is 565 g/mol. The van der Waals surface area contributed by atoms with Crippen LogP contribution in [-0.4, -0.2) is 31.5 Å². The monoisotopic (exact) mass is 613 g/mol. The summed E-state index contributed by atoms with van der Waals surface area (Å²) in [6.07, 6.45) is 11.8. The number of phosphoric ester groups is 1. The van der Waals surface area contributed by atoms with Gasteiger partial charge in [-0.05, 0) is 103 Å². The lowest BCUT2D eigenvalue weighted by Gasteiger charge is -2.16.